The largest absolute Gasteiger partial charge is 0.494 e. The molecule has 3 N–H and O–H groups in total. The normalized spacial score (nSPS) is 12.6. The zero-order valence-electron chi connectivity index (χ0n) is 13.0. The van der Waals surface area contributed by atoms with E-state index >= 15 is 0 Å². The Morgan fingerprint density at radius 3 is 2.52 bits per heavy atom. The first-order valence-corrected chi connectivity index (χ1v) is 7.37. The molecule has 0 unspecified atom stereocenters. The second-order valence-electron chi connectivity index (χ2n) is 5.63. The summed E-state index contributed by atoms with van der Waals surface area (Å²) in [5.41, 5.74) is 0.782. The maximum absolute atomic E-state index is 12.4. The first kappa shape index (κ1) is 14.9. The molecule has 0 spiro atoms. The Hall–Kier alpha value is -3.68. The smallest absolute Gasteiger partial charge is 0.368 e. The van der Waals surface area contributed by atoms with Crippen molar-refractivity contribution in [1.29, 1.82) is 0 Å². The van der Waals surface area contributed by atoms with E-state index in [4.69, 9.17) is 0 Å². The van der Waals surface area contributed by atoms with Crippen LogP contribution in [0.25, 0.3) is 10.8 Å². The van der Waals surface area contributed by atoms with Crippen LogP contribution in [0.5, 0.6) is 11.8 Å². The predicted octanol–water partition coefficient (Wildman–Crippen LogP) is 1.21. The Kier molecular flexibility index (Phi) is 3.08. The molecule has 2 heterocycles. The lowest BCUT2D eigenvalue weighted by molar-refractivity contribution is 0.102. The van der Waals surface area contributed by atoms with Crippen molar-refractivity contribution in [2.75, 3.05) is 5.32 Å². The summed E-state index contributed by atoms with van der Waals surface area (Å²) < 4.78 is 1.23. The zero-order valence-corrected chi connectivity index (χ0v) is 13.0. The molecule has 4 rings (SSSR count). The van der Waals surface area contributed by atoms with Crippen LogP contribution in [-0.4, -0.2) is 26.7 Å². The fourth-order valence-corrected chi connectivity index (χ4v) is 2.75. The van der Waals surface area contributed by atoms with Crippen molar-refractivity contribution in [3.63, 3.8) is 0 Å². The highest BCUT2D eigenvalue weighted by Gasteiger charge is 2.16. The number of amides is 3. The van der Waals surface area contributed by atoms with Gasteiger partial charge in [0, 0.05) is 29.1 Å². The summed E-state index contributed by atoms with van der Waals surface area (Å²) >= 11 is 0. The van der Waals surface area contributed by atoms with Crippen molar-refractivity contribution in [2.24, 2.45) is 17.0 Å². The number of rotatable bonds is 2. The molecule has 0 atom stereocenters. The average Bonchev–Trinajstić information content (AvgIpc) is 3.07. The van der Waals surface area contributed by atoms with E-state index < -0.39 is 11.9 Å². The van der Waals surface area contributed by atoms with Gasteiger partial charge in [0.2, 0.25) is 11.8 Å². The Balaban J connectivity index is 1.68. The molecular formula is C17H12N4O4. The third-order valence-electron chi connectivity index (χ3n) is 4.06. The third-order valence-corrected chi connectivity index (χ3v) is 4.06. The minimum Gasteiger partial charge on any atom is -0.494 e. The fourth-order valence-electron chi connectivity index (χ4n) is 2.75. The number of hydrogen-bond donors (Lipinski definition) is 3. The number of nitrogens with zero attached hydrogens (tertiary/aromatic N) is 3. The number of fused-ring (bicyclic) bond motifs is 2. The summed E-state index contributed by atoms with van der Waals surface area (Å²) in [6.07, 6.45) is 0. The van der Waals surface area contributed by atoms with E-state index in [1.165, 1.54) is 17.7 Å². The van der Waals surface area contributed by atoms with Gasteiger partial charge < -0.3 is 15.5 Å². The molecule has 3 aromatic rings. The van der Waals surface area contributed by atoms with Crippen LogP contribution in [0.2, 0.25) is 0 Å². The van der Waals surface area contributed by atoms with Crippen molar-refractivity contribution in [2.45, 2.75) is 0 Å². The van der Waals surface area contributed by atoms with E-state index in [9.17, 15) is 19.8 Å². The van der Waals surface area contributed by atoms with E-state index in [0.717, 1.165) is 0 Å². The Labute approximate surface area is 140 Å². The molecule has 0 saturated carbocycles. The van der Waals surface area contributed by atoms with Crippen LogP contribution in [0.1, 0.15) is 10.4 Å². The maximum atomic E-state index is 12.4. The van der Waals surface area contributed by atoms with Crippen LogP contribution in [0.3, 0.4) is 0 Å². The second-order valence-corrected chi connectivity index (χ2v) is 5.63. The number of carbonyl (C=O) groups excluding carboxylic acids is 2. The number of aromatic hydroxyl groups is 2. The molecule has 124 valence electrons. The predicted molar refractivity (Wildman–Crippen MR) is 88.4 cm³/mol. The van der Waals surface area contributed by atoms with Crippen molar-refractivity contribution in [1.82, 2.24) is 4.57 Å². The highest BCUT2D eigenvalue weighted by molar-refractivity contribution is 6.07. The summed E-state index contributed by atoms with van der Waals surface area (Å²) in [6, 6.07) is 8.83. The minimum absolute atomic E-state index is 0.0758. The second kappa shape index (κ2) is 5.17. The summed E-state index contributed by atoms with van der Waals surface area (Å²) in [4.78, 5) is 31.1. The van der Waals surface area contributed by atoms with Gasteiger partial charge in [-0.15, -0.1) is 0 Å². The zero-order chi connectivity index (χ0) is 17.7. The molecule has 0 radical (unpaired) electrons. The summed E-state index contributed by atoms with van der Waals surface area (Å²) in [6.45, 7) is 0. The summed E-state index contributed by atoms with van der Waals surface area (Å²) in [5, 5.41) is 24.3. The highest BCUT2D eigenvalue weighted by atomic mass is 16.3. The van der Waals surface area contributed by atoms with Crippen molar-refractivity contribution in [3.8, 4) is 11.8 Å². The van der Waals surface area contributed by atoms with Gasteiger partial charge in [-0.1, -0.05) is 0 Å². The topological polar surface area (TPSA) is 116 Å². The van der Waals surface area contributed by atoms with Gasteiger partial charge in [0.25, 0.3) is 5.91 Å². The van der Waals surface area contributed by atoms with Crippen LogP contribution in [0, 0.1) is 0 Å². The number of anilines is 1. The molecule has 0 saturated heterocycles. The molecule has 25 heavy (non-hydrogen) atoms. The monoisotopic (exact) mass is 336 g/mol. The Morgan fingerprint density at radius 1 is 1.00 bits per heavy atom. The molecule has 0 bridgehead atoms. The first-order valence-electron chi connectivity index (χ1n) is 7.37. The van der Waals surface area contributed by atoms with Gasteiger partial charge in [0.15, 0.2) is 0 Å². The highest BCUT2D eigenvalue weighted by Crippen LogP contribution is 2.35. The van der Waals surface area contributed by atoms with Crippen molar-refractivity contribution < 1.29 is 19.8 Å². The van der Waals surface area contributed by atoms with Crippen LogP contribution in [0.15, 0.2) is 46.4 Å². The molecule has 8 nitrogen and oxygen atoms in total. The Bertz CT molecular complexity index is 1190. The third kappa shape index (κ3) is 2.31. The summed E-state index contributed by atoms with van der Waals surface area (Å²) in [7, 11) is 1.52. The van der Waals surface area contributed by atoms with Crippen LogP contribution < -0.4 is 16.0 Å². The van der Waals surface area contributed by atoms with Gasteiger partial charge in [0.05, 0.1) is 10.7 Å². The molecule has 0 aliphatic carbocycles. The van der Waals surface area contributed by atoms with E-state index in [0.29, 0.717) is 32.7 Å². The number of nitrogens with one attached hydrogen (secondary N) is 1. The van der Waals surface area contributed by atoms with Crippen LogP contribution in [-0.2, 0) is 7.05 Å². The Morgan fingerprint density at radius 2 is 1.72 bits per heavy atom. The minimum atomic E-state index is -0.566. The lowest BCUT2D eigenvalue weighted by Crippen LogP contribution is -2.22. The van der Waals surface area contributed by atoms with E-state index in [2.05, 4.69) is 15.3 Å². The number of urea groups is 1. The van der Waals surface area contributed by atoms with Crippen LogP contribution >= 0.6 is 0 Å². The van der Waals surface area contributed by atoms with Gasteiger partial charge in [-0.3, -0.25) is 9.36 Å². The summed E-state index contributed by atoms with van der Waals surface area (Å²) in [5.74, 6) is -0.599. The average molecular weight is 336 g/mol. The van der Waals surface area contributed by atoms with Crippen molar-refractivity contribution >= 4 is 28.4 Å². The molecule has 1 aliphatic heterocycles. The standard InChI is InChI=1S/C17H12N4O4/c1-21-15(23)10-4-2-8(6-11(10)16(21)24)14(22)18-9-3-5-12-13(7-9)20-17(25)19-12/h2-7,23-24H,1H3,(H,18,22). The van der Waals surface area contributed by atoms with Crippen molar-refractivity contribution in [3.05, 3.63) is 52.7 Å². The molecule has 2 aromatic carbocycles. The molecule has 0 fully saturated rings. The van der Waals surface area contributed by atoms with Gasteiger partial charge in [0.1, 0.15) is 0 Å². The van der Waals surface area contributed by atoms with E-state index in [1.807, 2.05) is 0 Å². The van der Waals surface area contributed by atoms with Gasteiger partial charge >= 0.3 is 6.03 Å². The van der Waals surface area contributed by atoms with Crippen LogP contribution in [0.4, 0.5) is 10.5 Å². The molecule has 1 aromatic heterocycles. The number of carbonyl (C=O) groups is 2. The molecule has 8 heteroatoms. The lowest BCUT2D eigenvalue weighted by atomic mass is 10.1. The molecule has 1 aliphatic rings. The van der Waals surface area contributed by atoms with Gasteiger partial charge in [-0.2, -0.15) is 9.98 Å². The van der Waals surface area contributed by atoms with Gasteiger partial charge in [-0.25, -0.2) is 4.79 Å². The number of benzene rings is 2. The number of aromatic nitrogens is 1. The van der Waals surface area contributed by atoms with Gasteiger partial charge in [-0.05, 0) is 36.4 Å². The lowest BCUT2D eigenvalue weighted by Gasteiger charge is -2.05. The first-order chi connectivity index (χ1) is 11.9. The maximum Gasteiger partial charge on any atom is 0.368 e. The molecule has 3 amide bonds. The number of hydrogen-bond acceptors (Lipinski definition) is 4. The SMILES string of the molecule is Cn1c(O)c2ccc(C(=O)Nc3ccc4c(c3)=NC(=O)N=4)cc2c1O. The molecular weight excluding hydrogens is 324 g/mol. The van der Waals surface area contributed by atoms with E-state index in [1.54, 1.807) is 30.3 Å². The quantitative estimate of drug-likeness (QED) is 0.652. The fraction of sp³-hybridized carbons (Fsp3) is 0.0588. The van der Waals surface area contributed by atoms with E-state index in [-0.39, 0.29) is 11.8 Å².